The molecule has 0 aliphatic carbocycles. The second-order valence-corrected chi connectivity index (χ2v) is 6.33. The summed E-state index contributed by atoms with van der Waals surface area (Å²) < 4.78 is 7.01. The zero-order chi connectivity index (χ0) is 18.8. The number of aliphatic imine (C=N–C) groups is 1. The Morgan fingerprint density at radius 3 is 2.89 bits per heavy atom. The number of ether oxygens (including phenoxy) is 1. The first-order valence-corrected chi connectivity index (χ1v) is 8.62. The molecule has 0 amide bonds. The van der Waals surface area contributed by atoms with E-state index in [1.807, 2.05) is 50.2 Å². The number of carbonyl (C=O) groups is 1. The Kier molecular flexibility index (Phi) is 4.55. The summed E-state index contributed by atoms with van der Waals surface area (Å²) in [5.74, 6) is 0.180. The molecule has 8 heteroatoms. The van der Waals surface area contributed by atoms with E-state index in [9.17, 15) is 4.79 Å². The molecule has 1 aromatic carbocycles. The predicted octanol–water partition coefficient (Wildman–Crippen LogP) is 1.85. The number of nitrogens with one attached hydrogen (secondary N) is 1. The average molecular weight is 365 g/mol. The van der Waals surface area contributed by atoms with Gasteiger partial charge in [-0.05, 0) is 19.9 Å². The number of carbonyl (C=O) groups excluding carboxylic acids is 1. The normalized spacial score (nSPS) is 16.7. The number of hydroxylamine groups is 1. The van der Waals surface area contributed by atoms with Gasteiger partial charge >= 0.3 is 5.97 Å². The number of amidine groups is 1. The molecule has 0 saturated heterocycles. The SMILES string of the molecule is Cc1cc(C)n2ncc(C(=O)OCC3CN=C(c4ccccc4)NO3)c2n1. The minimum atomic E-state index is -0.482. The zero-order valence-electron chi connectivity index (χ0n) is 15.0. The third kappa shape index (κ3) is 3.52. The minimum absolute atomic E-state index is 0.0829. The number of fused-ring (bicyclic) bond motifs is 1. The molecule has 1 unspecified atom stereocenters. The molecule has 8 nitrogen and oxygen atoms in total. The molecule has 0 saturated carbocycles. The van der Waals surface area contributed by atoms with E-state index in [1.54, 1.807) is 4.52 Å². The highest BCUT2D eigenvalue weighted by molar-refractivity contribution is 5.98. The Morgan fingerprint density at radius 1 is 1.33 bits per heavy atom. The van der Waals surface area contributed by atoms with E-state index < -0.39 is 5.97 Å². The van der Waals surface area contributed by atoms with E-state index in [2.05, 4.69) is 20.6 Å². The lowest BCUT2D eigenvalue weighted by Crippen LogP contribution is -2.40. The van der Waals surface area contributed by atoms with Gasteiger partial charge in [-0.25, -0.2) is 19.8 Å². The first-order valence-electron chi connectivity index (χ1n) is 8.62. The van der Waals surface area contributed by atoms with Gasteiger partial charge in [0.25, 0.3) is 0 Å². The molecule has 0 fully saturated rings. The lowest BCUT2D eigenvalue weighted by Gasteiger charge is -2.22. The van der Waals surface area contributed by atoms with Gasteiger partial charge in [-0.1, -0.05) is 30.3 Å². The van der Waals surface area contributed by atoms with Crippen LogP contribution in [0.1, 0.15) is 27.3 Å². The molecule has 0 radical (unpaired) electrons. The van der Waals surface area contributed by atoms with E-state index in [0.29, 0.717) is 23.6 Å². The third-order valence-corrected chi connectivity index (χ3v) is 4.22. The molecule has 2 aromatic heterocycles. The Morgan fingerprint density at radius 2 is 2.15 bits per heavy atom. The first kappa shape index (κ1) is 17.2. The van der Waals surface area contributed by atoms with Crippen molar-refractivity contribution >= 4 is 17.5 Å². The van der Waals surface area contributed by atoms with E-state index in [0.717, 1.165) is 17.0 Å². The molecule has 138 valence electrons. The van der Waals surface area contributed by atoms with Crippen LogP contribution < -0.4 is 5.48 Å². The molecular weight excluding hydrogens is 346 g/mol. The lowest BCUT2D eigenvalue weighted by molar-refractivity contribution is -0.0348. The number of nitrogens with zero attached hydrogens (tertiary/aromatic N) is 4. The Bertz CT molecular complexity index is 1010. The van der Waals surface area contributed by atoms with Crippen molar-refractivity contribution in [2.75, 3.05) is 13.2 Å². The van der Waals surface area contributed by atoms with Crippen LogP contribution in [0.3, 0.4) is 0 Å². The summed E-state index contributed by atoms with van der Waals surface area (Å²) in [5.41, 5.74) is 6.30. The van der Waals surface area contributed by atoms with Gasteiger partial charge in [0, 0.05) is 17.0 Å². The molecule has 3 heterocycles. The number of hydrogen-bond donors (Lipinski definition) is 1. The smallest absolute Gasteiger partial charge is 0.343 e. The van der Waals surface area contributed by atoms with Crippen molar-refractivity contribution in [3.8, 4) is 0 Å². The second kappa shape index (κ2) is 7.16. The number of aryl methyl sites for hydroxylation is 2. The number of esters is 1. The molecule has 0 spiro atoms. The van der Waals surface area contributed by atoms with Gasteiger partial charge in [0.05, 0.1) is 12.7 Å². The van der Waals surface area contributed by atoms with Crippen LogP contribution in [0, 0.1) is 13.8 Å². The van der Waals surface area contributed by atoms with Crippen molar-refractivity contribution < 1.29 is 14.4 Å². The topological polar surface area (TPSA) is 90.1 Å². The quantitative estimate of drug-likeness (QED) is 0.710. The summed E-state index contributed by atoms with van der Waals surface area (Å²) in [6.45, 7) is 4.27. The standard InChI is InChI=1S/C19H19N5O3/c1-12-8-13(2)24-18(22-12)16(10-21-24)19(25)26-11-15-9-20-17(23-27-15)14-6-4-3-5-7-14/h3-8,10,15H,9,11H2,1-2H3,(H,20,23). The Labute approximate surface area is 155 Å². The highest BCUT2D eigenvalue weighted by Gasteiger charge is 2.22. The predicted molar refractivity (Wildman–Crippen MR) is 98.6 cm³/mol. The molecule has 1 aliphatic heterocycles. The fraction of sp³-hybridized carbons (Fsp3) is 0.263. The second-order valence-electron chi connectivity index (χ2n) is 6.33. The van der Waals surface area contributed by atoms with Crippen molar-refractivity contribution in [2.45, 2.75) is 20.0 Å². The van der Waals surface area contributed by atoms with Gasteiger partial charge in [-0.15, -0.1) is 0 Å². The molecule has 27 heavy (non-hydrogen) atoms. The summed E-state index contributed by atoms with van der Waals surface area (Å²) in [6.07, 6.45) is 1.11. The van der Waals surface area contributed by atoms with Crippen LogP contribution in [0.2, 0.25) is 0 Å². The molecular formula is C19H19N5O3. The summed E-state index contributed by atoms with van der Waals surface area (Å²) >= 11 is 0. The summed E-state index contributed by atoms with van der Waals surface area (Å²) in [5, 5.41) is 4.21. The maximum absolute atomic E-state index is 12.4. The van der Waals surface area contributed by atoms with Crippen molar-refractivity contribution in [1.82, 2.24) is 20.1 Å². The van der Waals surface area contributed by atoms with Crippen LogP contribution in [0.5, 0.6) is 0 Å². The number of rotatable bonds is 4. The fourth-order valence-corrected chi connectivity index (χ4v) is 2.90. The third-order valence-electron chi connectivity index (χ3n) is 4.22. The van der Waals surface area contributed by atoms with Crippen molar-refractivity contribution in [3.63, 3.8) is 0 Å². The van der Waals surface area contributed by atoms with Gasteiger partial charge in [0.2, 0.25) is 0 Å². The summed E-state index contributed by atoms with van der Waals surface area (Å²) in [4.78, 5) is 26.8. The molecule has 1 atom stereocenters. The van der Waals surface area contributed by atoms with E-state index in [1.165, 1.54) is 6.20 Å². The van der Waals surface area contributed by atoms with Gasteiger partial charge in [0.15, 0.2) is 11.5 Å². The highest BCUT2D eigenvalue weighted by Crippen LogP contribution is 2.14. The maximum atomic E-state index is 12.4. The van der Waals surface area contributed by atoms with Gasteiger partial charge in [-0.3, -0.25) is 9.83 Å². The van der Waals surface area contributed by atoms with Crippen LogP contribution in [-0.4, -0.2) is 45.7 Å². The van der Waals surface area contributed by atoms with Crippen LogP contribution in [-0.2, 0) is 9.57 Å². The summed E-state index contributed by atoms with van der Waals surface area (Å²) in [7, 11) is 0. The van der Waals surface area contributed by atoms with Crippen molar-refractivity contribution in [2.24, 2.45) is 4.99 Å². The van der Waals surface area contributed by atoms with E-state index in [-0.39, 0.29) is 12.7 Å². The number of benzene rings is 1. The van der Waals surface area contributed by atoms with E-state index in [4.69, 9.17) is 9.57 Å². The molecule has 1 aliphatic rings. The van der Waals surface area contributed by atoms with Crippen molar-refractivity contribution in [1.29, 1.82) is 0 Å². The largest absolute Gasteiger partial charge is 0.459 e. The first-order chi connectivity index (χ1) is 13.1. The Balaban J connectivity index is 1.40. The molecule has 0 bridgehead atoms. The molecule has 4 rings (SSSR count). The monoisotopic (exact) mass is 365 g/mol. The van der Waals surface area contributed by atoms with Crippen LogP contribution in [0.4, 0.5) is 0 Å². The number of hydrogen-bond acceptors (Lipinski definition) is 7. The fourth-order valence-electron chi connectivity index (χ4n) is 2.90. The van der Waals surface area contributed by atoms with Crippen LogP contribution >= 0.6 is 0 Å². The van der Waals surface area contributed by atoms with Crippen LogP contribution in [0.15, 0.2) is 47.6 Å². The van der Waals surface area contributed by atoms with E-state index >= 15 is 0 Å². The molecule has 1 N–H and O–H groups in total. The zero-order valence-corrected chi connectivity index (χ0v) is 15.0. The average Bonchev–Trinajstić information content (AvgIpc) is 3.11. The summed E-state index contributed by atoms with van der Waals surface area (Å²) in [6, 6.07) is 11.6. The Hall–Kier alpha value is -3.26. The lowest BCUT2D eigenvalue weighted by atomic mass is 10.2. The van der Waals surface area contributed by atoms with Crippen LogP contribution in [0.25, 0.3) is 5.65 Å². The van der Waals surface area contributed by atoms with Gasteiger partial charge in [-0.2, -0.15) is 5.10 Å². The minimum Gasteiger partial charge on any atom is -0.459 e. The highest BCUT2D eigenvalue weighted by atomic mass is 16.7. The van der Waals surface area contributed by atoms with Crippen molar-refractivity contribution in [3.05, 3.63) is 65.1 Å². The van der Waals surface area contributed by atoms with Gasteiger partial charge < -0.3 is 4.74 Å². The maximum Gasteiger partial charge on any atom is 0.343 e. The van der Waals surface area contributed by atoms with Gasteiger partial charge in [0.1, 0.15) is 18.3 Å². The molecule has 3 aromatic rings. The number of aromatic nitrogens is 3.